The minimum atomic E-state index is 0.0315. The SMILES string of the molecule is Cc1ccc2nc(C(=O)N3CCNCC3)ccc2c1. The fourth-order valence-electron chi connectivity index (χ4n) is 2.39. The van der Waals surface area contributed by atoms with Gasteiger partial charge in [0.15, 0.2) is 0 Å². The lowest BCUT2D eigenvalue weighted by molar-refractivity contribution is 0.0730. The van der Waals surface area contributed by atoms with Crippen molar-refractivity contribution in [2.45, 2.75) is 6.92 Å². The van der Waals surface area contributed by atoms with Crippen molar-refractivity contribution in [2.75, 3.05) is 26.2 Å². The Morgan fingerprint density at radius 1 is 1.21 bits per heavy atom. The van der Waals surface area contributed by atoms with Gasteiger partial charge in [-0.05, 0) is 25.1 Å². The maximum Gasteiger partial charge on any atom is 0.272 e. The number of rotatable bonds is 1. The van der Waals surface area contributed by atoms with E-state index in [0.29, 0.717) is 5.69 Å². The lowest BCUT2D eigenvalue weighted by Crippen LogP contribution is -2.46. The van der Waals surface area contributed by atoms with Gasteiger partial charge in [0.2, 0.25) is 0 Å². The molecule has 19 heavy (non-hydrogen) atoms. The van der Waals surface area contributed by atoms with Gasteiger partial charge in [-0.2, -0.15) is 0 Å². The Bertz CT molecular complexity index is 618. The normalized spacial score (nSPS) is 15.7. The number of aryl methyl sites for hydroxylation is 1. The van der Waals surface area contributed by atoms with Crippen LogP contribution in [0.2, 0.25) is 0 Å². The highest BCUT2D eigenvalue weighted by atomic mass is 16.2. The van der Waals surface area contributed by atoms with Crippen molar-refractivity contribution in [3.63, 3.8) is 0 Å². The lowest BCUT2D eigenvalue weighted by Gasteiger charge is -2.27. The molecule has 1 fully saturated rings. The van der Waals surface area contributed by atoms with Crippen LogP contribution in [0.4, 0.5) is 0 Å². The smallest absolute Gasteiger partial charge is 0.272 e. The van der Waals surface area contributed by atoms with Gasteiger partial charge in [-0.3, -0.25) is 4.79 Å². The number of piperazine rings is 1. The Balaban J connectivity index is 1.92. The van der Waals surface area contributed by atoms with Crippen molar-refractivity contribution in [1.82, 2.24) is 15.2 Å². The van der Waals surface area contributed by atoms with Gasteiger partial charge in [0.1, 0.15) is 5.69 Å². The number of nitrogens with zero attached hydrogens (tertiary/aromatic N) is 2. The number of carbonyl (C=O) groups excluding carboxylic acids is 1. The summed E-state index contributed by atoms with van der Waals surface area (Å²) in [7, 11) is 0. The van der Waals surface area contributed by atoms with E-state index in [1.54, 1.807) is 0 Å². The second kappa shape index (κ2) is 4.97. The van der Waals surface area contributed by atoms with Gasteiger partial charge >= 0.3 is 0 Å². The van der Waals surface area contributed by atoms with Crippen LogP contribution in [0.3, 0.4) is 0 Å². The fourth-order valence-corrected chi connectivity index (χ4v) is 2.39. The predicted molar refractivity (Wildman–Crippen MR) is 75.3 cm³/mol. The molecule has 0 atom stereocenters. The molecule has 1 amide bonds. The molecule has 0 radical (unpaired) electrons. The standard InChI is InChI=1S/C15H17N3O/c1-11-2-4-13-12(10-11)3-5-14(17-13)15(19)18-8-6-16-7-9-18/h2-5,10,16H,6-9H2,1H3. The first-order valence-electron chi connectivity index (χ1n) is 6.61. The highest BCUT2D eigenvalue weighted by Crippen LogP contribution is 2.15. The van der Waals surface area contributed by atoms with Crippen molar-refractivity contribution >= 4 is 16.8 Å². The Hall–Kier alpha value is -1.94. The molecule has 4 heteroatoms. The molecule has 1 aromatic heterocycles. The number of fused-ring (bicyclic) bond motifs is 1. The van der Waals surface area contributed by atoms with Crippen molar-refractivity contribution in [3.8, 4) is 0 Å². The summed E-state index contributed by atoms with van der Waals surface area (Å²) in [5, 5.41) is 4.32. The zero-order valence-electron chi connectivity index (χ0n) is 11.0. The molecular weight excluding hydrogens is 238 g/mol. The maximum atomic E-state index is 12.3. The Morgan fingerprint density at radius 3 is 2.79 bits per heavy atom. The largest absolute Gasteiger partial charge is 0.335 e. The average Bonchev–Trinajstić information content (AvgIpc) is 2.47. The van der Waals surface area contributed by atoms with Crippen molar-refractivity contribution < 1.29 is 4.79 Å². The van der Waals surface area contributed by atoms with Crippen LogP contribution in [0.1, 0.15) is 16.1 Å². The number of aromatic nitrogens is 1. The van der Waals surface area contributed by atoms with Gasteiger partial charge in [0.05, 0.1) is 5.52 Å². The second-order valence-corrected chi connectivity index (χ2v) is 4.93. The van der Waals surface area contributed by atoms with Crippen LogP contribution in [0, 0.1) is 6.92 Å². The molecule has 2 heterocycles. The summed E-state index contributed by atoms with van der Waals surface area (Å²) in [4.78, 5) is 18.7. The summed E-state index contributed by atoms with van der Waals surface area (Å²) in [5.41, 5.74) is 2.63. The van der Waals surface area contributed by atoms with Gasteiger partial charge in [-0.25, -0.2) is 4.98 Å². The van der Waals surface area contributed by atoms with Gasteiger partial charge in [0, 0.05) is 31.6 Å². The summed E-state index contributed by atoms with van der Waals surface area (Å²) in [6.45, 7) is 5.29. The molecule has 0 spiro atoms. The first kappa shape index (κ1) is 12.1. The number of hydrogen-bond donors (Lipinski definition) is 1. The Morgan fingerprint density at radius 2 is 2.00 bits per heavy atom. The predicted octanol–water partition coefficient (Wildman–Crippen LogP) is 1.59. The van der Waals surface area contributed by atoms with Gasteiger partial charge < -0.3 is 10.2 Å². The molecule has 1 aromatic carbocycles. The first-order valence-corrected chi connectivity index (χ1v) is 6.61. The highest BCUT2D eigenvalue weighted by molar-refractivity contribution is 5.95. The summed E-state index contributed by atoms with van der Waals surface area (Å²) < 4.78 is 0. The summed E-state index contributed by atoms with van der Waals surface area (Å²) >= 11 is 0. The third kappa shape index (κ3) is 2.44. The molecular formula is C15H17N3O. The Labute approximate surface area is 112 Å². The minimum Gasteiger partial charge on any atom is -0.335 e. The monoisotopic (exact) mass is 255 g/mol. The third-order valence-corrected chi connectivity index (χ3v) is 3.47. The van der Waals surface area contributed by atoms with Crippen molar-refractivity contribution in [1.29, 1.82) is 0 Å². The van der Waals surface area contributed by atoms with E-state index < -0.39 is 0 Å². The van der Waals surface area contributed by atoms with Crippen molar-refractivity contribution in [2.24, 2.45) is 0 Å². The van der Waals surface area contributed by atoms with E-state index >= 15 is 0 Å². The van der Waals surface area contributed by atoms with Gasteiger partial charge in [-0.1, -0.05) is 17.7 Å². The Kier molecular flexibility index (Phi) is 3.17. The van der Waals surface area contributed by atoms with E-state index in [1.165, 1.54) is 5.56 Å². The number of pyridine rings is 1. The van der Waals surface area contributed by atoms with Crippen LogP contribution >= 0.6 is 0 Å². The molecule has 0 aliphatic carbocycles. The zero-order valence-corrected chi connectivity index (χ0v) is 11.0. The third-order valence-electron chi connectivity index (χ3n) is 3.47. The van der Waals surface area contributed by atoms with Crippen LogP contribution < -0.4 is 5.32 Å². The molecule has 0 unspecified atom stereocenters. The van der Waals surface area contributed by atoms with Crippen molar-refractivity contribution in [3.05, 3.63) is 41.6 Å². The quantitative estimate of drug-likeness (QED) is 0.841. The number of amides is 1. The van der Waals surface area contributed by atoms with Crippen LogP contribution in [0.15, 0.2) is 30.3 Å². The lowest BCUT2D eigenvalue weighted by atomic mass is 10.1. The van der Waals surface area contributed by atoms with Crippen LogP contribution in [0.25, 0.3) is 10.9 Å². The average molecular weight is 255 g/mol. The molecule has 1 N–H and O–H groups in total. The second-order valence-electron chi connectivity index (χ2n) is 4.93. The van der Waals surface area contributed by atoms with E-state index in [4.69, 9.17) is 0 Å². The number of nitrogens with one attached hydrogen (secondary N) is 1. The van der Waals surface area contributed by atoms with Crippen LogP contribution in [0.5, 0.6) is 0 Å². The molecule has 98 valence electrons. The zero-order chi connectivity index (χ0) is 13.2. The van der Waals surface area contributed by atoms with Gasteiger partial charge in [0.25, 0.3) is 5.91 Å². The van der Waals surface area contributed by atoms with E-state index in [9.17, 15) is 4.79 Å². The molecule has 4 nitrogen and oxygen atoms in total. The number of hydrogen-bond acceptors (Lipinski definition) is 3. The van der Waals surface area contributed by atoms with Crippen LogP contribution in [-0.2, 0) is 0 Å². The van der Waals surface area contributed by atoms with E-state index in [1.807, 2.05) is 29.2 Å². The molecule has 1 saturated heterocycles. The van der Waals surface area contributed by atoms with E-state index in [2.05, 4.69) is 23.3 Å². The molecule has 0 saturated carbocycles. The van der Waals surface area contributed by atoms with E-state index in [0.717, 1.165) is 37.1 Å². The maximum absolute atomic E-state index is 12.3. The number of carbonyl (C=O) groups is 1. The summed E-state index contributed by atoms with van der Waals surface area (Å²) in [5.74, 6) is 0.0315. The molecule has 2 aromatic rings. The molecule has 1 aliphatic rings. The fraction of sp³-hybridized carbons (Fsp3) is 0.333. The first-order chi connectivity index (χ1) is 9.24. The van der Waals surface area contributed by atoms with Crippen LogP contribution in [-0.4, -0.2) is 42.0 Å². The van der Waals surface area contributed by atoms with Gasteiger partial charge in [-0.15, -0.1) is 0 Å². The molecule has 3 rings (SSSR count). The summed E-state index contributed by atoms with van der Waals surface area (Å²) in [6, 6.07) is 9.88. The topological polar surface area (TPSA) is 45.2 Å². The number of benzene rings is 1. The summed E-state index contributed by atoms with van der Waals surface area (Å²) in [6.07, 6.45) is 0. The molecule has 1 aliphatic heterocycles. The van der Waals surface area contributed by atoms with E-state index in [-0.39, 0.29) is 5.91 Å². The highest BCUT2D eigenvalue weighted by Gasteiger charge is 2.19. The minimum absolute atomic E-state index is 0.0315. The molecule has 0 bridgehead atoms.